The Labute approximate surface area is 80.7 Å². The van der Waals surface area contributed by atoms with Gasteiger partial charge in [-0.1, -0.05) is 0 Å². The molecule has 3 heteroatoms. The first-order chi connectivity index (χ1) is 6.27. The molecule has 0 radical (unpaired) electrons. The molecule has 78 valence electrons. The third kappa shape index (κ3) is 3.25. The van der Waals surface area contributed by atoms with Crippen LogP contribution in [-0.2, 0) is 4.74 Å². The number of ether oxygens (including phenoxy) is 1. The number of nitrogens with zero attached hydrogens (tertiary/aromatic N) is 1. The highest BCUT2D eigenvalue weighted by Gasteiger charge is 2.24. The second-order valence-electron chi connectivity index (χ2n) is 4.04. The van der Waals surface area contributed by atoms with Crippen LogP contribution in [0.3, 0.4) is 0 Å². The van der Waals surface area contributed by atoms with E-state index in [0.29, 0.717) is 18.4 Å². The lowest BCUT2D eigenvalue weighted by molar-refractivity contribution is 0.0513. The minimum atomic E-state index is 0.266. The molecule has 0 bridgehead atoms. The molecule has 13 heavy (non-hydrogen) atoms. The molecule has 1 aliphatic heterocycles. The van der Waals surface area contributed by atoms with Crippen molar-refractivity contribution >= 4 is 0 Å². The van der Waals surface area contributed by atoms with E-state index in [0.717, 1.165) is 13.1 Å². The zero-order valence-corrected chi connectivity index (χ0v) is 8.70. The number of hydrogen-bond acceptors (Lipinski definition) is 3. The van der Waals surface area contributed by atoms with Crippen LogP contribution in [0, 0.1) is 11.8 Å². The van der Waals surface area contributed by atoms with Crippen LogP contribution < -0.4 is 0 Å². The fraction of sp³-hybridized carbons (Fsp3) is 1.00. The van der Waals surface area contributed by atoms with E-state index in [9.17, 15) is 5.11 Å². The van der Waals surface area contributed by atoms with Crippen molar-refractivity contribution in [3.05, 3.63) is 0 Å². The largest absolute Gasteiger partial charge is 0.396 e. The number of piperidine rings is 1. The Hall–Kier alpha value is -0.120. The maximum absolute atomic E-state index is 9.18. The summed E-state index contributed by atoms with van der Waals surface area (Å²) < 4.78 is 5.10. The van der Waals surface area contributed by atoms with Crippen LogP contribution in [0.5, 0.6) is 0 Å². The van der Waals surface area contributed by atoms with E-state index in [1.54, 1.807) is 7.11 Å². The van der Waals surface area contributed by atoms with Crippen molar-refractivity contribution in [1.29, 1.82) is 0 Å². The molecule has 0 aliphatic carbocycles. The molecule has 1 heterocycles. The lowest BCUT2D eigenvalue weighted by atomic mass is 9.85. The summed E-state index contributed by atoms with van der Waals surface area (Å²) in [5.74, 6) is 1.000. The first-order valence-corrected chi connectivity index (χ1v) is 5.06. The first kappa shape index (κ1) is 11.0. The van der Waals surface area contributed by atoms with E-state index in [1.165, 1.54) is 12.8 Å². The summed E-state index contributed by atoms with van der Waals surface area (Å²) in [6.45, 7) is 3.28. The van der Waals surface area contributed by atoms with Crippen molar-refractivity contribution in [3.8, 4) is 0 Å². The Morgan fingerprint density at radius 3 is 2.54 bits per heavy atom. The topological polar surface area (TPSA) is 32.7 Å². The predicted octanol–water partition coefficient (Wildman–Crippen LogP) is 0.583. The van der Waals surface area contributed by atoms with Gasteiger partial charge in [0, 0.05) is 19.6 Å². The van der Waals surface area contributed by atoms with Gasteiger partial charge in [-0.3, -0.25) is 0 Å². The molecule has 0 aromatic heterocycles. The van der Waals surface area contributed by atoms with Gasteiger partial charge in [-0.2, -0.15) is 0 Å². The van der Waals surface area contributed by atoms with Gasteiger partial charge in [0.25, 0.3) is 0 Å². The molecule has 0 amide bonds. The molecule has 1 N–H and O–H groups in total. The minimum Gasteiger partial charge on any atom is -0.396 e. The van der Waals surface area contributed by atoms with Gasteiger partial charge in [0.15, 0.2) is 0 Å². The van der Waals surface area contributed by atoms with Gasteiger partial charge in [0.1, 0.15) is 0 Å². The van der Waals surface area contributed by atoms with Gasteiger partial charge in [-0.15, -0.1) is 0 Å². The van der Waals surface area contributed by atoms with Gasteiger partial charge >= 0.3 is 0 Å². The van der Waals surface area contributed by atoms with Crippen molar-refractivity contribution in [3.63, 3.8) is 0 Å². The lowest BCUT2D eigenvalue weighted by Crippen LogP contribution is -2.35. The Morgan fingerprint density at radius 1 is 1.46 bits per heavy atom. The lowest BCUT2D eigenvalue weighted by Gasteiger charge is -2.33. The molecular formula is C10H21NO2. The first-order valence-electron chi connectivity index (χ1n) is 5.06. The van der Waals surface area contributed by atoms with E-state index in [4.69, 9.17) is 4.74 Å². The number of likely N-dealkylation sites (tertiary alicyclic amines) is 1. The number of rotatable bonds is 4. The van der Waals surface area contributed by atoms with E-state index in [2.05, 4.69) is 11.9 Å². The molecule has 0 aromatic rings. The van der Waals surface area contributed by atoms with Crippen molar-refractivity contribution in [2.24, 2.45) is 11.8 Å². The van der Waals surface area contributed by atoms with Gasteiger partial charge in [-0.25, -0.2) is 0 Å². The molecule has 1 unspecified atom stereocenters. The van der Waals surface area contributed by atoms with Crippen molar-refractivity contribution in [2.45, 2.75) is 12.8 Å². The fourth-order valence-corrected chi connectivity index (χ4v) is 2.05. The third-order valence-electron chi connectivity index (χ3n) is 3.05. The third-order valence-corrected chi connectivity index (χ3v) is 3.05. The molecule has 1 fully saturated rings. The van der Waals surface area contributed by atoms with Gasteiger partial charge < -0.3 is 14.7 Å². The number of aliphatic hydroxyl groups is 1. The highest BCUT2D eigenvalue weighted by Crippen LogP contribution is 2.24. The highest BCUT2D eigenvalue weighted by atomic mass is 16.5. The van der Waals surface area contributed by atoms with Gasteiger partial charge in [0.2, 0.25) is 0 Å². The van der Waals surface area contributed by atoms with Crippen molar-refractivity contribution in [2.75, 3.05) is 40.5 Å². The van der Waals surface area contributed by atoms with Crippen LogP contribution in [0.15, 0.2) is 0 Å². The highest BCUT2D eigenvalue weighted by molar-refractivity contribution is 4.76. The van der Waals surface area contributed by atoms with Crippen LogP contribution >= 0.6 is 0 Å². The SMILES string of the molecule is COCC(CO)C1CCN(C)CC1. The maximum atomic E-state index is 9.18. The number of aliphatic hydroxyl groups excluding tert-OH is 1. The molecular weight excluding hydrogens is 166 g/mol. The molecule has 0 saturated carbocycles. The molecule has 0 spiro atoms. The monoisotopic (exact) mass is 187 g/mol. The summed E-state index contributed by atoms with van der Waals surface area (Å²) >= 11 is 0. The number of hydrogen-bond donors (Lipinski definition) is 1. The molecule has 1 aliphatic rings. The summed E-state index contributed by atoms with van der Waals surface area (Å²) in [6, 6.07) is 0. The summed E-state index contributed by atoms with van der Waals surface area (Å²) in [7, 11) is 3.86. The Bertz CT molecular complexity index is 133. The van der Waals surface area contributed by atoms with Crippen LogP contribution in [0.25, 0.3) is 0 Å². The summed E-state index contributed by atoms with van der Waals surface area (Å²) in [4.78, 5) is 2.34. The zero-order valence-electron chi connectivity index (χ0n) is 8.70. The quantitative estimate of drug-likeness (QED) is 0.699. The molecule has 1 rings (SSSR count). The maximum Gasteiger partial charge on any atom is 0.0515 e. The van der Waals surface area contributed by atoms with E-state index < -0.39 is 0 Å². The fourth-order valence-electron chi connectivity index (χ4n) is 2.05. The van der Waals surface area contributed by atoms with Crippen LogP contribution in [-0.4, -0.2) is 50.5 Å². The molecule has 3 nitrogen and oxygen atoms in total. The Morgan fingerprint density at radius 2 is 2.08 bits per heavy atom. The standard InChI is InChI=1S/C10H21NO2/c1-11-5-3-9(4-6-11)10(7-12)8-13-2/h9-10,12H,3-8H2,1-2H3. The average Bonchev–Trinajstić information content (AvgIpc) is 2.16. The predicted molar refractivity (Wildman–Crippen MR) is 52.7 cm³/mol. The van der Waals surface area contributed by atoms with E-state index in [-0.39, 0.29) is 6.61 Å². The Balaban J connectivity index is 2.32. The normalized spacial score (nSPS) is 23.3. The summed E-state index contributed by atoms with van der Waals surface area (Å²) in [5.41, 5.74) is 0. The van der Waals surface area contributed by atoms with Crippen LogP contribution in [0.2, 0.25) is 0 Å². The summed E-state index contributed by atoms with van der Waals surface area (Å²) in [6.07, 6.45) is 2.40. The Kier molecular flexibility index (Phi) is 4.70. The molecule has 1 saturated heterocycles. The van der Waals surface area contributed by atoms with Crippen molar-refractivity contribution < 1.29 is 9.84 Å². The smallest absolute Gasteiger partial charge is 0.0515 e. The number of methoxy groups -OCH3 is 1. The summed E-state index contributed by atoms with van der Waals surface area (Å²) in [5, 5.41) is 9.18. The van der Waals surface area contributed by atoms with Gasteiger partial charge in [-0.05, 0) is 38.9 Å². The van der Waals surface area contributed by atoms with Crippen LogP contribution in [0.4, 0.5) is 0 Å². The van der Waals surface area contributed by atoms with E-state index in [1.807, 2.05) is 0 Å². The molecule has 0 aromatic carbocycles. The second-order valence-corrected chi connectivity index (χ2v) is 4.04. The van der Waals surface area contributed by atoms with E-state index >= 15 is 0 Å². The molecule has 1 atom stereocenters. The second kappa shape index (κ2) is 5.58. The zero-order chi connectivity index (χ0) is 9.68. The van der Waals surface area contributed by atoms with Crippen molar-refractivity contribution in [1.82, 2.24) is 4.90 Å². The van der Waals surface area contributed by atoms with Crippen LogP contribution in [0.1, 0.15) is 12.8 Å². The van der Waals surface area contributed by atoms with Gasteiger partial charge in [0.05, 0.1) is 6.61 Å². The minimum absolute atomic E-state index is 0.266. The average molecular weight is 187 g/mol.